The molecule has 2 aromatic rings. The van der Waals surface area contributed by atoms with Crippen molar-refractivity contribution in [2.45, 2.75) is 44.6 Å². The molecule has 2 amide bonds. The van der Waals surface area contributed by atoms with E-state index in [0.717, 1.165) is 37.0 Å². The molecule has 10 heteroatoms. The van der Waals surface area contributed by atoms with Crippen LogP contribution in [0.1, 0.15) is 48.5 Å². The van der Waals surface area contributed by atoms with Gasteiger partial charge in [-0.2, -0.15) is 0 Å². The van der Waals surface area contributed by atoms with Crippen molar-refractivity contribution in [1.29, 1.82) is 0 Å². The maximum Gasteiger partial charge on any atom is 0.305 e. The number of pyridine rings is 1. The van der Waals surface area contributed by atoms with Gasteiger partial charge in [-0.25, -0.2) is 9.37 Å². The Labute approximate surface area is 209 Å². The Hall–Kier alpha value is -3.69. The lowest BCUT2D eigenvalue weighted by atomic mass is 9.99. The molecule has 36 heavy (non-hydrogen) atoms. The van der Waals surface area contributed by atoms with E-state index in [1.165, 1.54) is 29.7 Å². The Bertz CT molecular complexity index is 1140. The number of amides is 2. The molecule has 4 rings (SSSR count). The van der Waals surface area contributed by atoms with Crippen molar-refractivity contribution in [2.75, 3.05) is 32.1 Å². The number of rotatable bonds is 10. The predicted octanol–water partition coefficient (Wildman–Crippen LogP) is 2.70. The number of aliphatic carboxylic acids is 1. The molecule has 0 radical (unpaired) electrons. The maximum atomic E-state index is 14.1. The number of carbonyl (C=O) groups is 3. The van der Waals surface area contributed by atoms with Crippen molar-refractivity contribution in [3.05, 3.63) is 53.0 Å². The largest absolute Gasteiger partial charge is 0.494 e. The fraction of sp³-hybridized carbons (Fsp3) is 0.462. The van der Waals surface area contributed by atoms with Crippen LogP contribution in [0, 0.1) is 11.7 Å². The number of carbonyl (C=O) groups excluding carboxylic acids is 2. The number of aryl methyl sites for hydroxylation is 2. The molecule has 0 bridgehead atoms. The number of carboxylic acids is 1. The zero-order valence-corrected chi connectivity index (χ0v) is 20.3. The molecule has 1 saturated heterocycles. The van der Waals surface area contributed by atoms with Crippen LogP contribution in [0.15, 0.2) is 30.3 Å². The summed E-state index contributed by atoms with van der Waals surface area (Å²) in [5.41, 5.74) is 2.47. The van der Waals surface area contributed by atoms with E-state index in [2.05, 4.69) is 21.7 Å². The van der Waals surface area contributed by atoms with Gasteiger partial charge in [-0.1, -0.05) is 12.1 Å². The second-order valence-corrected chi connectivity index (χ2v) is 9.24. The quantitative estimate of drug-likeness (QED) is 0.461. The Morgan fingerprint density at radius 1 is 1.33 bits per heavy atom. The topological polar surface area (TPSA) is 121 Å². The second-order valence-electron chi connectivity index (χ2n) is 9.24. The van der Waals surface area contributed by atoms with Gasteiger partial charge in [0.25, 0.3) is 0 Å². The van der Waals surface area contributed by atoms with Crippen molar-refractivity contribution in [3.8, 4) is 5.75 Å². The van der Waals surface area contributed by atoms with Crippen molar-refractivity contribution in [1.82, 2.24) is 15.2 Å². The summed E-state index contributed by atoms with van der Waals surface area (Å²) in [5.74, 6) is -1.60. The number of fused-ring (bicyclic) bond motifs is 1. The number of carboxylic acid groups (broad SMARTS) is 1. The first-order chi connectivity index (χ1) is 17.3. The van der Waals surface area contributed by atoms with Crippen molar-refractivity contribution in [3.63, 3.8) is 0 Å². The number of likely N-dealkylation sites (tertiary alicyclic amines) is 1. The summed E-state index contributed by atoms with van der Waals surface area (Å²) in [5, 5.41) is 15.2. The molecule has 192 valence electrons. The lowest BCUT2D eigenvalue weighted by molar-refractivity contribution is -0.138. The average Bonchev–Trinajstić information content (AvgIpc) is 3.20. The van der Waals surface area contributed by atoms with Crippen LogP contribution in [0.2, 0.25) is 0 Å². The Morgan fingerprint density at radius 2 is 2.17 bits per heavy atom. The molecular weight excluding hydrogens is 467 g/mol. The maximum absolute atomic E-state index is 14.1. The zero-order chi connectivity index (χ0) is 25.7. The van der Waals surface area contributed by atoms with E-state index >= 15 is 0 Å². The smallest absolute Gasteiger partial charge is 0.305 e. The van der Waals surface area contributed by atoms with Crippen LogP contribution >= 0.6 is 0 Å². The SMILES string of the molecule is COc1ccc([C@H](CC(=O)O)NC(=O)CN2CC[C@H](CCc3ccc4c(n3)NCCC4)C2=O)cc1F. The van der Waals surface area contributed by atoms with Crippen LogP contribution in [-0.2, 0) is 27.2 Å². The summed E-state index contributed by atoms with van der Waals surface area (Å²) in [4.78, 5) is 43.1. The minimum Gasteiger partial charge on any atom is -0.494 e. The highest BCUT2D eigenvalue weighted by atomic mass is 19.1. The van der Waals surface area contributed by atoms with Gasteiger partial charge in [-0.05, 0) is 61.4 Å². The summed E-state index contributed by atoms with van der Waals surface area (Å²) in [6.45, 7) is 1.20. The summed E-state index contributed by atoms with van der Waals surface area (Å²) < 4.78 is 19.0. The number of benzene rings is 1. The summed E-state index contributed by atoms with van der Waals surface area (Å²) in [6, 6.07) is 7.21. The van der Waals surface area contributed by atoms with Gasteiger partial charge in [-0.15, -0.1) is 0 Å². The second kappa shape index (κ2) is 11.4. The molecule has 3 N–H and O–H groups in total. The van der Waals surface area contributed by atoms with E-state index < -0.39 is 30.2 Å². The summed E-state index contributed by atoms with van der Waals surface area (Å²) in [7, 11) is 1.33. The third-order valence-corrected chi connectivity index (χ3v) is 6.74. The van der Waals surface area contributed by atoms with Gasteiger partial charge in [0, 0.05) is 24.7 Å². The van der Waals surface area contributed by atoms with Crippen LogP contribution in [0.25, 0.3) is 0 Å². The van der Waals surface area contributed by atoms with Crippen LogP contribution in [0.4, 0.5) is 10.2 Å². The highest BCUT2D eigenvalue weighted by molar-refractivity contribution is 5.87. The van der Waals surface area contributed by atoms with E-state index in [1.54, 1.807) is 0 Å². The summed E-state index contributed by atoms with van der Waals surface area (Å²) in [6.07, 6.45) is 3.68. The van der Waals surface area contributed by atoms with E-state index in [1.807, 2.05) is 6.07 Å². The Morgan fingerprint density at radius 3 is 2.92 bits per heavy atom. The number of hydrogen-bond acceptors (Lipinski definition) is 6. The van der Waals surface area contributed by atoms with Gasteiger partial charge in [0.05, 0.1) is 26.1 Å². The van der Waals surface area contributed by atoms with Gasteiger partial charge in [0.15, 0.2) is 11.6 Å². The molecule has 2 aliphatic heterocycles. The number of nitrogens with zero attached hydrogens (tertiary/aromatic N) is 2. The number of nitrogens with one attached hydrogen (secondary N) is 2. The molecule has 0 unspecified atom stereocenters. The van der Waals surface area contributed by atoms with E-state index in [9.17, 15) is 23.9 Å². The number of halogens is 1. The monoisotopic (exact) mass is 498 g/mol. The highest BCUT2D eigenvalue weighted by Gasteiger charge is 2.33. The molecule has 0 saturated carbocycles. The molecule has 0 spiro atoms. The third kappa shape index (κ3) is 6.10. The van der Waals surface area contributed by atoms with Crippen LogP contribution in [0.5, 0.6) is 5.75 Å². The molecule has 9 nitrogen and oxygen atoms in total. The number of hydrogen-bond donors (Lipinski definition) is 3. The van der Waals surface area contributed by atoms with Gasteiger partial charge in [0.2, 0.25) is 11.8 Å². The summed E-state index contributed by atoms with van der Waals surface area (Å²) >= 11 is 0. The van der Waals surface area contributed by atoms with Gasteiger partial charge < -0.3 is 25.4 Å². The molecule has 1 aromatic carbocycles. The first-order valence-corrected chi connectivity index (χ1v) is 12.2. The standard InChI is InChI=1S/C26H31FN4O5/c1-36-22-9-6-18(13-20(22)27)21(14-24(33)34)30-23(32)15-31-12-10-17(26(31)35)5-8-19-7-4-16-3-2-11-28-25(16)29-19/h4,6-7,9,13,17,21H,2-3,5,8,10-12,14-15H2,1H3,(H,28,29)(H,30,32)(H,33,34)/t17-,21-/m0/s1. The van der Waals surface area contributed by atoms with Crippen molar-refractivity contribution < 1.29 is 28.6 Å². The number of anilines is 1. The minimum absolute atomic E-state index is 0.0229. The van der Waals surface area contributed by atoms with Gasteiger partial charge in [-0.3, -0.25) is 14.4 Å². The molecule has 0 aliphatic carbocycles. The lowest BCUT2D eigenvalue weighted by Gasteiger charge is -2.21. The lowest BCUT2D eigenvalue weighted by Crippen LogP contribution is -2.40. The molecule has 2 aliphatic rings. The molecule has 1 fully saturated rings. The van der Waals surface area contributed by atoms with Crippen LogP contribution in [-0.4, -0.2) is 59.5 Å². The van der Waals surface area contributed by atoms with E-state index in [-0.39, 0.29) is 24.1 Å². The zero-order valence-electron chi connectivity index (χ0n) is 20.3. The molecule has 1 aromatic heterocycles. The van der Waals surface area contributed by atoms with Crippen LogP contribution in [0.3, 0.4) is 0 Å². The number of aromatic nitrogens is 1. The van der Waals surface area contributed by atoms with Gasteiger partial charge in [0.1, 0.15) is 5.82 Å². The molecule has 2 atom stereocenters. The number of ether oxygens (including phenoxy) is 1. The first-order valence-electron chi connectivity index (χ1n) is 12.2. The Balaban J connectivity index is 1.32. The fourth-order valence-corrected chi connectivity index (χ4v) is 4.80. The third-order valence-electron chi connectivity index (χ3n) is 6.74. The first kappa shape index (κ1) is 25.4. The normalized spacial score (nSPS) is 17.8. The predicted molar refractivity (Wildman–Crippen MR) is 130 cm³/mol. The van der Waals surface area contributed by atoms with Crippen molar-refractivity contribution in [2.24, 2.45) is 5.92 Å². The van der Waals surface area contributed by atoms with Crippen LogP contribution < -0.4 is 15.4 Å². The van der Waals surface area contributed by atoms with Crippen molar-refractivity contribution >= 4 is 23.6 Å². The Kier molecular flexibility index (Phi) is 8.02. The molecule has 3 heterocycles. The van der Waals surface area contributed by atoms with E-state index in [4.69, 9.17) is 4.74 Å². The minimum atomic E-state index is -1.14. The highest BCUT2D eigenvalue weighted by Crippen LogP contribution is 2.26. The average molecular weight is 499 g/mol. The number of methoxy groups -OCH3 is 1. The fourth-order valence-electron chi connectivity index (χ4n) is 4.80. The van der Waals surface area contributed by atoms with E-state index in [0.29, 0.717) is 31.4 Å². The van der Waals surface area contributed by atoms with Gasteiger partial charge >= 0.3 is 5.97 Å². The molecular formula is C26H31FN4O5.